The Bertz CT molecular complexity index is 1530. The first-order valence-corrected chi connectivity index (χ1v) is 12.7. The van der Waals surface area contributed by atoms with E-state index in [1.54, 1.807) is 30.3 Å². The quantitative estimate of drug-likeness (QED) is 0.197. The molecule has 1 heterocycles. The average molecular weight is 560 g/mol. The maximum absolute atomic E-state index is 14.9. The van der Waals surface area contributed by atoms with Crippen LogP contribution < -0.4 is 15.4 Å². The maximum atomic E-state index is 14.9. The van der Waals surface area contributed by atoms with E-state index in [-0.39, 0.29) is 16.6 Å². The Morgan fingerprint density at radius 1 is 1.05 bits per heavy atom. The number of fused-ring (bicyclic) bond motifs is 1. The average Bonchev–Trinajstić information content (AvgIpc) is 3.61. The van der Waals surface area contributed by atoms with Crippen molar-refractivity contribution in [1.29, 1.82) is 0 Å². The van der Waals surface area contributed by atoms with E-state index in [2.05, 4.69) is 20.4 Å². The Balaban J connectivity index is 1.26. The van der Waals surface area contributed by atoms with Crippen molar-refractivity contribution in [2.24, 2.45) is 5.92 Å². The van der Waals surface area contributed by atoms with Crippen LogP contribution in [0, 0.1) is 11.7 Å². The van der Waals surface area contributed by atoms with Gasteiger partial charge < -0.3 is 20.5 Å². The molecule has 12 heteroatoms. The topological polar surface area (TPSA) is 101 Å². The van der Waals surface area contributed by atoms with Crippen molar-refractivity contribution in [2.75, 3.05) is 5.32 Å². The zero-order valence-electron chi connectivity index (χ0n) is 20.1. The fraction of sp³-hybridized carbons (Fsp3) is 0.222. The van der Waals surface area contributed by atoms with E-state index in [4.69, 9.17) is 0 Å². The molecule has 1 saturated carbocycles. The van der Waals surface area contributed by atoms with Crippen LogP contribution in [0.25, 0.3) is 21.3 Å². The fourth-order valence-corrected chi connectivity index (χ4v) is 4.94. The van der Waals surface area contributed by atoms with Gasteiger partial charge >= 0.3 is 12.3 Å². The summed E-state index contributed by atoms with van der Waals surface area (Å²) >= 11 is 1.05. The number of halogens is 4. The highest BCUT2D eigenvalue weighted by molar-refractivity contribution is 7.22. The van der Waals surface area contributed by atoms with Crippen LogP contribution in [0.4, 0.5) is 28.4 Å². The van der Waals surface area contributed by atoms with E-state index in [1.165, 1.54) is 24.3 Å². The van der Waals surface area contributed by atoms with Gasteiger partial charge in [-0.05, 0) is 59.9 Å². The lowest BCUT2D eigenvalue weighted by Gasteiger charge is -2.14. The Kier molecular flexibility index (Phi) is 7.13. The molecule has 39 heavy (non-hydrogen) atoms. The predicted molar refractivity (Wildman–Crippen MR) is 138 cm³/mol. The summed E-state index contributed by atoms with van der Waals surface area (Å²) in [6.45, 7) is 0. The number of hydrogen-bond acceptors (Lipinski definition) is 6. The van der Waals surface area contributed by atoms with Gasteiger partial charge in [0.1, 0.15) is 17.6 Å². The first-order valence-electron chi connectivity index (χ1n) is 11.9. The van der Waals surface area contributed by atoms with Crippen molar-refractivity contribution < 1.29 is 37.0 Å². The predicted octanol–water partition coefficient (Wildman–Crippen LogP) is 6.73. The van der Waals surface area contributed by atoms with E-state index in [0.29, 0.717) is 39.2 Å². The number of aromatic nitrogens is 1. The van der Waals surface area contributed by atoms with E-state index in [1.807, 2.05) is 0 Å². The molecular weight excluding hydrogens is 538 g/mol. The molecule has 0 bridgehead atoms. The molecule has 7 nitrogen and oxygen atoms in total. The van der Waals surface area contributed by atoms with Crippen molar-refractivity contribution in [3.05, 3.63) is 72.0 Å². The lowest BCUT2D eigenvalue weighted by atomic mass is 10.0. The Hall–Kier alpha value is -4.19. The largest absolute Gasteiger partial charge is 0.573 e. The van der Waals surface area contributed by atoms with Crippen molar-refractivity contribution in [3.8, 4) is 16.9 Å². The number of aliphatic carboxylic acids is 1. The second kappa shape index (κ2) is 10.5. The number of carbonyl (C=O) groups is 2. The van der Waals surface area contributed by atoms with Crippen molar-refractivity contribution in [3.63, 3.8) is 0 Å². The molecule has 0 unspecified atom stereocenters. The van der Waals surface area contributed by atoms with Gasteiger partial charge in [-0.3, -0.25) is 4.79 Å². The molecule has 4 aromatic rings. The number of carboxylic acids is 1. The molecule has 0 radical (unpaired) electrons. The number of nitrogens with zero attached hydrogens (tertiary/aromatic N) is 1. The van der Waals surface area contributed by atoms with Crippen molar-refractivity contribution in [1.82, 2.24) is 10.3 Å². The summed E-state index contributed by atoms with van der Waals surface area (Å²) in [4.78, 5) is 28.2. The molecular formula is C27H21F4N3O4S. The fourth-order valence-electron chi connectivity index (χ4n) is 4.03. The number of nitrogens with one attached hydrogen (secondary N) is 2. The summed E-state index contributed by atoms with van der Waals surface area (Å²) in [5.41, 5.74) is 2.03. The van der Waals surface area contributed by atoms with E-state index in [0.717, 1.165) is 30.2 Å². The van der Waals surface area contributed by atoms with Gasteiger partial charge in [0.2, 0.25) is 0 Å². The summed E-state index contributed by atoms with van der Waals surface area (Å²) in [5.74, 6) is -2.18. The van der Waals surface area contributed by atoms with Crippen LogP contribution in [0.5, 0.6) is 5.75 Å². The molecule has 0 saturated heterocycles. The SMILES string of the molecule is O=C(N[C@@H](CC1CC1)C(=O)O)c1ccc(-c2ccc(Nc3nc4ccc(OC(F)(F)F)cc4s3)c(F)c2)cc1. The van der Waals surface area contributed by atoms with Crippen LogP contribution in [-0.4, -0.2) is 34.4 Å². The van der Waals surface area contributed by atoms with Gasteiger partial charge in [-0.25, -0.2) is 14.2 Å². The zero-order valence-corrected chi connectivity index (χ0v) is 20.9. The molecule has 1 aliphatic carbocycles. The molecule has 1 atom stereocenters. The Morgan fingerprint density at radius 3 is 2.41 bits per heavy atom. The monoisotopic (exact) mass is 559 g/mol. The first-order chi connectivity index (χ1) is 18.5. The van der Waals surface area contributed by atoms with Crippen LogP contribution in [0.15, 0.2) is 60.7 Å². The molecule has 3 aromatic carbocycles. The van der Waals surface area contributed by atoms with Crippen LogP contribution in [0.3, 0.4) is 0 Å². The molecule has 3 N–H and O–H groups in total. The number of amides is 1. The lowest BCUT2D eigenvalue weighted by Crippen LogP contribution is -2.41. The second-order valence-electron chi connectivity index (χ2n) is 9.14. The summed E-state index contributed by atoms with van der Waals surface area (Å²) in [7, 11) is 0. The second-order valence-corrected chi connectivity index (χ2v) is 10.2. The molecule has 1 aliphatic rings. The Labute approximate surface area is 223 Å². The zero-order chi connectivity index (χ0) is 27.7. The number of anilines is 2. The van der Waals surface area contributed by atoms with Gasteiger partial charge in [-0.15, -0.1) is 13.2 Å². The van der Waals surface area contributed by atoms with Crippen LogP contribution in [0.1, 0.15) is 29.6 Å². The summed E-state index contributed by atoms with van der Waals surface area (Å²) < 4.78 is 56.7. The molecule has 5 rings (SSSR count). The molecule has 0 aliphatic heterocycles. The molecule has 202 valence electrons. The minimum atomic E-state index is -4.81. The summed E-state index contributed by atoms with van der Waals surface area (Å²) in [5, 5.41) is 15.1. The van der Waals surface area contributed by atoms with Gasteiger partial charge in [0, 0.05) is 11.6 Å². The van der Waals surface area contributed by atoms with Crippen molar-refractivity contribution >= 4 is 44.2 Å². The lowest BCUT2D eigenvalue weighted by molar-refractivity contribution is -0.274. The van der Waals surface area contributed by atoms with Gasteiger partial charge in [-0.1, -0.05) is 42.4 Å². The number of ether oxygens (including phenoxy) is 1. The van der Waals surface area contributed by atoms with Gasteiger partial charge in [0.15, 0.2) is 5.13 Å². The van der Waals surface area contributed by atoms with Gasteiger partial charge in [0.05, 0.1) is 15.9 Å². The van der Waals surface area contributed by atoms with E-state index < -0.39 is 30.1 Å². The molecule has 1 amide bonds. The van der Waals surface area contributed by atoms with E-state index in [9.17, 15) is 32.3 Å². The number of thiazole rings is 1. The van der Waals surface area contributed by atoms with Crippen LogP contribution in [0.2, 0.25) is 0 Å². The highest BCUT2D eigenvalue weighted by Gasteiger charge is 2.31. The number of rotatable bonds is 9. The number of benzene rings is 3. The van der Waals surface area contributed by atoms with Crippen LogP contribution >= 0.6 is 11.3 Å². The third-order valence-corrected chi connectivity index (χ3v) is 7.09. The van der Waals surface area contributed by atoms with Crippen LogP contribution in [-0.2, 0) is 4.79 Å². The normalized spacial score (nSPS) is 14.2. The highest BCUT2D eigenvalue weighted by atomic mass is 32.1. The minimum absolute atomic E-state index is 0.121. The summed E-state index contributed by atoms with van der Waals surface area (Å²) in [6.07, 6.45) is -2.46. The first kappa shape index (κ1) is 26.4. The summed E-state index contributed by atoms with van der Waals surface area (Å²) in [6, 6.07) is 13.7. The van der Waals surface area contributed by atoms with Crippen molar-refractivity contribution in [2.45, 2.75) is 31.7 Å². The maximum Gasteiger partial charge on any atom is 0.573 e. The number of hydrogen-bond donors (Lipinski definition) is 3. The molecule has 1 aromatic heterocycles. The molecule has 1 fully saturated rings. The highest BCUT2D eigenvalue weighted by Crippen LogP contribution is 2.35. The Morgan fingerprint density at radius 2 is 1.77 bits per heavy atom. The smallest absolute Gasteiger partial charge is 0.480 e. The van der Waals surface area contributed by atoms with Gasteiger partial charge in [0.25, 0.3) is 5.91 Å². The number of carboxylic acid groups (broad SMARTS) is 1. The minimum Gasteiger partial charge on any atom is -0.480 e. The molecule has 0 spiro atoms. The van der Waals surface area contributed by atoms with Gasteiger partial charge in [-0.2, -0.15) is 0 Å². The van der Waals surface area contributed by atoms with E-state index >= 15 is 0 Å². The third-order valence-electron chi connectivity index (χ3n) is 6.15. The number of carbonyl (C=O) groups excluding carboxylic acids is 1. The number of alkyl halides is 3. The third kappa shape index (κ3) is 6.63. The standard InChI is InChI=1S/C27H21F4N3O4S/c28-19-12-17(15-3-5-16(6-4-15)24(35)32-22(25(36)37)11-14-1-2-14)7-9-20(19)33-26-34-21-10-8-18(13-23(21)39-26)38-27(29,30)31/h3-10,12-14,22H,1-2,11H2,(H,32,35)(H,33,34)(H,36,37)/t22-/m0/s1.